The van der Waals surface area contributed by atoms with Gasteiger partial charge in [-0.15, -0.1) is 0 Å². The molecule has 0 bridgehead atoms. The van der Waals surface area contributed by atoms with Gasteiger partial charge in [-0.25, -0.2) is 0 Å². The van der Waals surface area contributed by atoms with Crippen molar-refractivity contribution in [2.75, 3.05) is 7.11 Å². The molecule has 0 amide bonds. The molecule has 100 valence electrons. The minimum atomic E-state index is 0.418. The van der Waals surface area contributed by atoms with Crippen molar-refractivity contribution in [3.8, 4) is 5.75 Å². The third-order valence-corrected chi connectivity index (χ3v) is 3.54. The van der Waals surface area contributed by atoms with Gasteiger partial charge in [0, 0.05) is 11.5 Å². The van der Waals surface area contributed by atoms with E-state index in [4.69, 9.17) is 4.74 Å². The molecule has 0 aliphatic heterocycles. The number of ether oxygens (including phenoxy) is 1. The van der Waals surface area contributed by atoms with Crippen molar-refractivity contribution < 1.29 is 4.74 Å². The molecule has 0 aromatic heterocycles. The van der Waals surface area contributed by atoms with Crippen LogP contribution < -0.4 is 4.74 Å². The SMILES string of the molecule is CCCC(c1ccccc1)c1cc(C)ccc1OC. The highest BCUT2D eigenvalue weighted by molar-refractivity contribution is 5.44. The zero-order valence-corrected chi connectivity index (χ0v) is 12.0. The molecule has 0 saturated carbocycles. The van der Waals surface area contributed by atoms with Crippen molar-refractivity contribution in [2.45, 2.75) is 32.6 Å². The van der Waals surface area contributed by atoms with Crippen LogP contribution in [-0.4, -0.2) is 7.11 Å². The Balaban J connectivity index is 2.47. The summed E-state index contributed by atoms with van der Waals surface area (Å²) >= 11 is 0. The lowest BCUT2D eigenvalue weighted by molar-refractivity contribution is 0.406. The van der Waals surface area contributed by atoms with Gasteiger partial charge in [-0.05, 0) is 25.0 Å². The Bertz CT molecular complexity index is 516. The summed E-state index contributed by atoms with van der Waals surface area (Å²) in [6, 6.07) is 17.2. The van der Waals surface area contributed by atoms with Crippen LogP contribution in [0.2, 0.25) is 0 Å². The van der Waals surface area contributed by atoms with Crippen LogP contribution >= 0.6 is 0 Å². The second-order valence-electron chi connectivity index (χ2n) is 5.00. The summed E-state index contributed by atoms with van der Waals surface area (Å²) in [5.41, 5.74) is 3.96. The molecule has 1 nitrogen and oxygen atoms in total. The first-order valence-corrected chi connectivity index (χ1v) is 6.95. The van der Waals surface area contributed by atoms with Crippen LogP contribution in [0.15, 0.2) is 48.5 Å². The first-order valence-electron chi connectivity index (χ1n) is 6.95. The zero-order chi connectivity index (χ0) is 13.7. The Kier molecular flexibility index (Phi) is 4.62. The molecule has 0 radical (unpaired) electrons. The van der Waals surface area contributed by atoms with Crippen molar-refractivity contribution in [2.24, 2.45) is 0 Å². The van der Waals surface area contributed by atoms with Crippen LogP contribution in [0.4, 0.5) is 0 Å². The van der Waals surface area contributed by atoms with E-state index in [1.54, 1.807) is 7.11 Å². The molecule has 1 unspecified atom stereocenters. The quantitative estimate of drug-likeness (QED) is 0.734. The number of aryl methyl sites for hydroxylation is 1. The lowest BCUT2D eigenvalue weighted by Crippen LogP contribution is -2.04. The largest absolute Gasteiger partial charge is 0.496 e. The predicted octanol–water partition coefficient (Wildman–Crippen LogP) is 4.94. The van der Waals surface area contributed by atoms with Gasteiger partial charge in [-0.3, -0.25) is 0 Å². The highest BCUT2D eigenvalue weighted by Gasteiger charge is 2.17. The van der Waals surface area contributed by atoms with Gasteiger partial charge in [-0.1, -0.05) is 61.4 Å². The van der Waals surface area contributed by atoms with Crippen molar-refractivity contribution in [3.63, 3.8) is 0 Å². The van der Waals surface area contributed by atoms with Crippen LogP contribution in [0.5, 0.6) is 5.75 Å². The number of benzene rings is 2. The van der Waals surface area contributed by atoms with E-state index in [0.29, 0.717) is 5.92 Å². The highest BCUT2D eigenvalue weighted by atomic mass is 16.5. The Morgan fingerprint density at radius 2 is 1.79 bits per heavy atom. The van der Waals surface area contributed by atoms with Gasteiger partial charge in [0.1, 0.15) is 5.75 Å². The summed E-state index contributed by atoms with van der Waals surface area (Å²) in [7, 11) is 1.75. The van der Waals surface area contributed by atoms with Crippen LogP contribution in [0.1, 0.15) is 42.4 Å². The predicted molar refractivity (Wildman–Crippen MR) is 80.9 cm³/mol. The molecule has 0 spiro atoms. The lowest BCUT2D eigenvalue weighted by Gasteiger charge is -2.20. The van der Waals surface area contributed by atoms with Gasteiger partial charge in [0.2, 0.25) is 0 Å². The molecule has 2 aromatic rings. The summed E-state index contributed by atoms with van der Waals surface area (Å²) in [6.07, 6.45) is 2.31. The van der Waals surface area contributed by atoms with Gasteiger partial charge >= 0.3 is 0 Å². The summed E-state index contributed by atoms with van der Waals surface area (Å²) in [5, 5.41) is 0. The topological polar surface area (TPSA) is 9.23 Å². The molecule has 0 saturated heterocycles. The van der Waals surface area contributed by atoms with Crippen molar-refractivity contribution >= 4 is 0 Å². The zero-order valence-electron chi connectivity index (χ0n) is 12.0. The van der Waals surface area contributed by atoms with E-state index in [0.717, 1.165) is 18.6 Å². The first kappa shape index (κ1) is 13.7. The first-order chi connectivity index (χ1) is 9.26. The van der Waals surface area contributed by atoms with E-state index in [9.17, 15) is 0 Å². The van der Waals surface area contributed by atoms with E-state index >= 15 is 0 Å². The summed E-state index contributed by atoms with van der Waals surface area (Å²) in [5.74, 6) is 1.41. The molecule has 2 aromatic carbocycles. The summed E-state index contributed by atoms with van der Waals surface area (Å²) in [4.78, 5) is 0. The molecule has 0 fully saturated rings. The normalized spacial score (nSPS) is 12.2. The molecule has 0 aliphatic carbocycles. The molecule has 2 rings (SSSR count). The molecule has 1 heteroatoms. The molecule has 0 N–H and O–H groups in total. The Labute approximate surface area is 116 Å². The Hall–Kier alpha value is -1.76. The molecule has 1 atom stereocenters. The third-order valence-electron chi connectivity index (χ3n) is 3.54. The minimum absolute atomic E-state index is 0.418. The van der Waals surface area contributed by atoms with Crippen molar-refractivity contribution in [3.05, 3.63) is 65.2 Å². The molecule has 19 heavy (non-hydrogen) atoms. The van der Waals surface area contributed by atoms with Gasteiger partial charge in [0.05, 0.1) is 7.11 Å². The Morgan fingerprint density at radius 1 is 1.05 bits per heavy atom. The van der Waals surface area contributed by atoms with Crippen LogP contribution in [0.3, 0.4) is 0 Å². The fourth-order valence-electron chi connectivity index (χ4n) is 2.60. The number of methoxy groups -OCH3 is 1. The third kappa shape index (κ3) is 3.17. The summed E-state index contributed by atoms with van der Waals surface area (Å²) in [6.45, 7) is 4.37. The van der Waals surface area contributed by atoms with Gasteiger partial charge in [0.25, 0.3) is 0 Å². The van der Waals surface area contributed by atoms with Gasteiger partial charge in [0.15, 0.2) is 0 Å². The molecule has 0 aliphatic rings. The van der Waals surface area contributed by atoms with E-state index in [-0.39, 0.29) is 0 Å². The van der Waals surface area contributed by atoms with Crippen molar-refractivity contribution in [1.82, 2.24) is 0 Å². The van der Waals surface area contributed by atoms with E-state index in [2.05, 4.69) is 62.4 Å². The maximum Gasteiger partial charge on any atom is 0.122 e. The fourth-order valence-corrected chi connectivity index (χ4v) is 2.60. The number of hydrogen-bond donors (Lipinski definition) is 0. The van der Waals surface area contributed by atoms with Gasteiger partial charge < -0.3 is 4.74 Å². The van der Waals surface area contributed by atoms with Crippen molar-refractivity contribution in [1.29, 1.82) is 0 Å². The maximum absolute atomic E-state index is 5.55. The second-order valence-corrected chi connectivity index (χ2v) is 5.00. The standard InChI is InChI=1S/C18H22O/c1-4-8-16(15-9-6-5-7-10-15)17-13-14(2)11-12-18(17)19-3/h5-7,9-13,16H,4,8H2,1-3H3. The average molecular weight is 254 g/mol. The maximum atomic E-state index is 5.55. The second kappa shape index (κ2) is 6.42. The van der Waals surface area contributed by atoms with E-state index in [1.165, 1.54) is 16.7 Å². The van der Waals surface area contributed by atoms with Crippen LogP contribution in [-0.2, 0) is 0 Å². The molecule has 0 heterocycles. The minimum Gasteiger partial charge on any atom is -0.496 e. The monoisotopic (exact) mass is 254 g/mol. The highest BCUT2D eigenvalue weighted by Crippen LogP contribution is 2.35. The smallest absolute Gasteiger partial charge is 0.122 e. The summed E-state index contributed by atoms with van der Waals surface area (Å²) < 4.78 is 5.55. The van der Waals surface area contributed by atoms with Gasteiger partial charge in [-0.2, -0.15) is 0 Å². The molecular formula is C18H22O. The molecular weight excluding hydrogens is 232 g/mol. The number of hydrogen-bond acceptors (Lipinski definition) is 1. The fraction of sp³-hybridized carbons (Fsp3) is 0.333. The Morgan fingerprint density at radius 3 is 2.42 bits per heavy atom. The van der Waals surface area contributed by atoms with Crippen LogP contribution in [0, 0.1) is 6.92 Å². The number of rotatable bonds is 5. The average Bonchev–Trinajstić information content (AvgIpc) is 2.45. The lowest BCUT2D eigenvalue weighted by atomic mass is 9.86. The van der Waals surface area contributed by atoms with E-state index < -0.39 is 0 Å². The van der Waals surface area contributed by atoms with E-state index in [1.807, 2.05) is 0 Å². The van der Waals surface area contributed by atoms with Crippen LogP contribution in [0.25, 0.3) is 0 Å².